The fourth-order valence-corrected chi connectivity index (χ4v) is 7.02. The first-order valence-corrected chi connectivity index (χ1v) is 13.0. The van der Waals surface area contributed by atoms with E-state index < -0.39 is 0 Å². The van der Waals surface area contributed by atoms with Crippen LogP contribution in [0.4, 0.5) is 0 Å². The predicted octanol–water partition coefficient (Wildman–Crippen LogP) is 7.16. The van der Waals surface area contributed by atoms with Crippen molar-refractivity contribution in [3.63, 3.8) is 0 Å². The number of allylic oxidation sites excluding steroid dienone is 3. The fraction of sp³-hybridized carbons (Fsp3) is 0.759. The zero-order chi connectivity index (χ0) is 23.5. The summed E-state index contributed by atoms with van der Waals surface area (Å²) in [5, 5.41) is 10.1. The van der Waals surface area contributed by atoms with Gasteiger partial charge in [0.1, 0.15) is 6.10 Å². The van der Waals surface area contributed by atoms with Gasteiger partial charge in [-0.25, -0.2) is 0 Å². The summed E-state index contributed by atoms with van der Waals surface area (Å²) in [5.41, 5.74) is 3.96. The average molecular weight is 443 g/mol. The lowest BCUT2D eigenvalue weighted by Crippen LogP contribution is -2.42. The van der Waals surface area contributed by atoms with Gasteiger partial charge in [0.2, 0.25) is 0 Å². The number of carbonyl (C=O) groups excluding carboxylic acids is 1. The number of ether oxygens (including phenoxy) is 1. The van der Waals surface area contributed by atoms with Crippen molar-refractivity contribution in [3.8, 4) is 0 Å². The maximum absolute atomic E-state index is 11.8. The summed E-state index contributed by atoms with van der Waals surface area (Å²) in [6, 6.07) is 0. The highest BCUT2D eigenvalue weighted by Gasteiger charge is 2.53. The Labute approximate surface area is 196 Å². The van der Waals surface area contributed by atoms with Crippen molar-refractivity contribution in [3.05, 3.63) is 35.5 Å². The van der Waals surface area contributed by atoms with Crippen molar-refractivity contribution < 1.29 is 14.6 Å². The van der Waals surface area contributed by atoms with Crippen molar-refractivity contribution in [2.24, 2.45) is 29.1 Å². The molecule has 3 heteroatoms. The van der Waals surface area contributed by atoms with E-state index in [1.54, 1.807) is 0 Å². The summed E-state index contributed by atoms with van der Waals surface area (Å²) in [6.07, 6.45) is 14.9. The molecule has 0 aromatic carbocycles. The van der Waals surface area contributed by atoms with Crippen LogP contribution < -0.4 is 0 Å². The molecule has 2 unspecified atom stereocenters. The monoisotopic (exact) mass is 442 g/mol. The molecule has 32 heavy (non-hydrogen) atoms. The predicted molar refractivity (Wildman–Crippen MR) is 132 cm³/mol. The van der Waals surface area contributed by atoms with Crippen LogP contribution in [0.1, 0.15) is 98.8 Å². The molecule has 0 spiro atoms. The highest BCUT2D eigenvalue weighted by atomic mass is 16.5. The third-order valence-electron chi connectivity index (χ3n) is 8.64. The number of carbonyl (C=O) groups is 1. The number of hydrogen-bond donors (Lipinski definition) is 1. The number of esters is 1. The zero-order valence-electron chi connectivity index (χ0n) is 21.2. The van der Waals surface area contributed by atoms with E-state index >= 15 is 0 Å². The number of aliphatic hydroxyl groups is 1. The third-order valence-corrected chi connectivity index (χ3v) is 8.64. The maximum atomic E-state index is 11.8. The smallest absolute Gasteiger partial charge is 0.302 e. The van der Waals surface area contributed by atoms with Crippen LogP contribution in [-0.2, 0) is 9.53 Å². The van der Waals surface area contributed by atoms with Crippen LogP contribution in [0.15, 0.2) is 35.5 Å². The van der Waals surface area contributed by atoms with Crippen molar-refractivity contribution in [1.82, 2.24) is 0 Å². The number of aliphatic hydroxyl groups excluding tert-OH is 1. The van der Waals surface area contributed by atoms with E-state index in [0.29, 0.717) is 24.2 Å². The molecule has 0 amide bonds. The van der Waals surface area contributed by atoms with Gasteiger partial charge in [0.15, 0.2) is 0 Å². The highest BCUT2D eigenvalue weighted by Crippen LogP contribution is 2.60. The molecule has 0 bridgehead atoms. The van der Waals surface area contributed by atoms with Crippen molar-refractivity contribution >= 4 is 5.97 Å². The van der Waals surface area contributed by atoms with Gasteiger partial charge in [0, 0.05) is 13.3 Å². The van der Waals surface area contributed by atoms with Crippen molar-refractivity contribution in [1.29, 1.82) is 0 Å². The molecule has 3 nitrogen and oxygen atoms in total. The van der Waals surface area contributed by atoms with Crippen LogP contribution in [0.25, 0.3) is 0 Å². The normalized spacial score (nSPS) is 36.5. The third kappa shape index (κ3) is 5.95. The van der Waals surface area contributed by atoms with E-state index in [1.807, 2.05) is 0 Å². The van der Waals surface area contributed by atoms with Gasteiger partial charge in [-0.2, -0.15) is 0 Å². The summed E-state index contributed by atoms with van der Waals surface area (Å²) in [4.78, 5) is 11.8. The Kier molecular flexibility index (Phi) is 8.47. The summed E-state index contributed by atoms with van der Waals surface area (Å²) >= 11 is 0. The fourth-order valence-electron chi connectivity index (χ4n) is 7.02. The molecule has 1 N–H and O–H groups in total. The summed E-state index contributed by atoms with van der Waals surface area (Å²) in [5.74, 6) is 2.55. The standard InChI is InChI=1S/C29H46O3/c1-19(2)8-7-9-21(4)27-14-15-28-24(12-11-23-16-25(31)13-10-20(23)3)17-26(32-22(5)30)18-29(27,28)6/h11-12,19,21,25-28,31H,3,7-10,13-18H2,1-2,4-6H3/b23-11-,24-12?/t21-,25+,26?,27-,28?,29-/m1/s1. The van der Waals surface area contributed by atoms with Crippen LogP contribution in [0.2, 0.25) is 0 Å². The Morgan fingerprint density at radius 3 is 2.62 bits per heavy atom. The first-order valence-electron chi connectivity index (χ1n) is 13.0. The van der Waals surface area contributed by atoms with Gasteiger partial charge < -0.3 is 9.84 Å². The second-order valence-corrected chi connectivity index (χ2v) is 11.6. The Morgan fingerprint density at radius 2 is 1.94 bits per heavy atom. The van der Waals surface area contributed by atoms with Gasteiger partial charge in [-0.3, -0.25) is 4.79 Å². The molecular formula is C29H46O3. The minimum Gasteiger partial charge on any atom is -0.462 e. The molecule has 6 atom stereocenters. The Balaban J connectivity index is 1.82. The molecule has 0 heterocycles. The lowest BCUT2D eigenvalue weighted by Gasteiger charge is -2.47. The Hall–Kier alpha value is -1.35. The summed E-state index contributed by atoms with van der Waals surface area (Å²) in [7, 11) is 0. The molecular weight excluding hydrogens is 396 g/mol. The van der Waals surface area contributed by atoms with Crippen LogP contribution in [0.5, 0.6) is 0 Å². The van der Waals surface area contributed by atoms with E-state index in [1.165, 1.54) is 50.2 Å². The van der Waals surface area contributed by atoms with E-state index in [9.17, 15) is 9.90 Å². The summed E-state index contributed by atoms with van der Waals surface area (Å²) < 4.78 is 5.81. The maximum Gasteiger partial charge on any atom is 0.302 e. The van der Waals surface area contributed by atoms with Gasteiger partial charge in [-0.05, 0) is 73.2 Å². The van der Waals surface area contributed by atoms with Crippen LogP contribution in [-0.4, -0.2) is 23.3 Å². The van der Waals surface area contributed by atoms with Gasteiger partial charge in [0.05, 0.1) is 6.10 Å². The molecule has 180 valence electrons. The lowest BCUT2D eigenvalue weighted by molar-refractivity contribution is -0.150. The van der Waals surface area contributed by atoms with Crippen molar-refractivity contribution in [2.75, 3.05) is 0 Å². The van der Waals surface area contributed by atoms with Gasteiger partial charge in [0.25, 0.3) is 0 Å². The molecule has 0 saturated heterocycles. The molecule has 0 aromatic heterocycles. The number of rotatable bonds is 7. The zero-order valence-corrected chi connectivity index (χ0v) is 21.2. The van der Waals surface area contributed by atoms with E-state index in [-0.39, 0.29) is 23.6 Å². The topological polar surface area (TPSA) is 46.5 Å². The van der Waals surface area contributed by atoms with E-state index in [0.717, 1.165) is 37.2 Å². The minimum atomic E-state index is -0.252. The Bertz CT molecular complexity index is 746. The van der Waals surface area contributed by atoms with Crippen LogP contribution in [0, 0.1) is 29.1 Å². The second kappa shape index (κ2) is 10.7. The molecule has 3 fully saturated rings. The average Bonchev–Trinajstić information content (AvgIpc) is 3.04. The van der Waals surface area contributed by atoms with Crippen LogP contribution >= 0.6 is 0 Å². The first-order chi connectivity index (χ1) is 15.1. The van der Waals surface area contributed by atoms with Crippen LogP contribution in [0.3, 0.4) is 0 Å². The van der Waals surface area contributed by atoms with E-state index in [4.69, 9.17) is 4.74 Å². The molecule has 0 aliphatic heterocycles. The molecule has 3 rings (SSSR count). The molecule has 0 aromatic rings. The summed E-state index contributed by atoms with van der Waals surface area (Å²) in [6.45, 7) is 15.3. The van der Waals surface area contributed by atoms with Gasteiger partial charge in [-0.1, -0.05) is 76.8 Å². The highest BCUT2D eigenvalue weighted by molar-refractivity contribution is 5.66. The first kappa shape index (κ1) is 25.3. The molecule has 0 radical (unpaired) electrons. The molecule has 3 saturated carbocycles. The Morgan fingerprint density at radius 1 is 1.19 bits per heavy atom. The SMILES string of the molecule is C=C1CC[C@H](O)C/C1=C/C=C1CC(OC(C)=O)C[C@@]2(C)C1CC[C@@H]2[C@H](C)CCCC(C)C. The number of hydrogen-bond acceptors (Lipinski definition) is 3. The minimum absolute atomic E-state index is 0.0259. The van der Waals surface area contributed by atoms with Crippen molar-refractivity contribution in [2.45, 2.75) is 111 Å². The lowest BCUT2D eigenvalue weighted by atomic mass is 9.60. The van der Waals surface area contributed by atoms with Gasteiger partial charge >= 0.3 is 5.97 Å². The molecule has 3 aliphatic carbocycles. The largest absolute Gasteiger partial charge is 0.462 e. The molecule has 3 aliphatic rings. The second-order valence-electron chi connectivity index (χ2n) is 11.6. The van der Waals surface area contributed by atoms with Gasteiger partial charge in [-0.15, -0.1) is 0 Å². The number of fused-ring (bicyclic) bond motifs is 1. The quantitative estimate of drug-likeness (QED) is 0.425. The van der Waals surface area contributed by atoms with E-state index in [2.05, 4.69) is 46.4 Å².